The molecule has 2 aromatic carbocycles. The minimum atomic E-state index is -0.676. The maximum atomic E-state index is 13.3. The molecule has 10 nitrogen and oxygen atoms in total. The summed E-state index contributed by atoms with van der Waals surface area (Å²) in [7, 11) is 1.21. The number of furan rings is 1. The van der Waals surface area contributed by atoms with Gasteiger partial charge in [-0.3, -0.25) is 14.5 Å². The van der Waals surface area contributed by atoms with Crippen LogP contribution in [0.2, 0.25) is 0 Å². The number of amides is 4. The molecule has 2 heterocycles. The number of anilines is 1. The van der Waals surface area contributed by atoms with Gasteiger partial charge in [-0.05, 0) is 86.0 Å². The number of carbonyl (C=O) groups excluding carboxylic acids is 4. The van der Waals surface area contributed by atoms with Crippen molar-refractivity contribution in [1.29, 1.82) is 0 Å². The van der Waals surface area contributed by atoms with Crippen molar-refractivity contribution in [2.45, 2.75) is 6.54 Å². The second-order valence-electron chi connectivity index (χ2n) is 7.80. The second kappa shape index (κ2) is 11.6. The van der Waals surface area contributed by atoms with E-state index < -0.39 is 29.6 Å². The number of nitrogens with one attached hydrogen (secondary N) is 2. The van der Waals surface area contributed by atoms with Crippen molar-refractivity contribution >= 4 is 67.4 Å². The molecule has 4 rings (SSSR count). The minimum Gasteiger partial charge on any atom is -0.481 e. The molecule has 1 aromatic heterocycles. The number of methoxy groups -OCH3 is 1. The van der Waals surface area contributed by atoms with Gasteiger partial charge in [0.15, 0.2) is 6.61 Å². The third kappa shape index (κ3) is 6.29. The fraction of sp³-hybridized carbons (Fsp3) is 0.120. The molecule has 38 heavy (non-hydrogen) atoms. The fourth-order valence-corrected chi connectivity index (χ4v) is 4.86. The van der Waals surface area contributed by atoms with Crippen LogP contribution in [-0.2, 0) is 20.9 Å². The Bertz CT molecular complexity index is 1450. The topological polar surface area (TPSA) is 127 Å². The third-order valence-corrected chi connectivity index (χ3v) is 6.29. The molecule has 0 unspecified atom stereocenters. The Balaban J connectivity index is 1.42. The summed E-state index contributed by atoms with van der Waals surface area (Å²) in [6, 6.07) is 10.9. The van der Waals surface area contributed by atoms with Gasteiger partial charge in [0, 0.05) is 5.69 Å². The molecule has 1 aliphatic heterocycles. The Morgan fingerprint density at radius 1 is 1.13 bits per heavy atom. The van der Waals surface area contributed by atoms with E-state index in [2.05, 4.69) is 47.2 Å². The Labute approximate surface area is 232 Å². The van der Waals surface area contributed by atoms with Crippen LogP contribution in [0.15, 0.2) is 67.6 Å². The summed E-state index contributed by atoms with van der Waals surface area (Å²) < 4.78 is 29.7. The summed E-state index contributed by atoms with van der Waals surface area (Å²) in [4.78, 5) is 49.9. The molecular weight excluding hydrogens is 633 g/mol. The van der Waals surface area contributed by atoms with Gasteiger partial charge >= 0.3 is 12.0 Å². The predicted octanol–water partition coefficient (Wildman–Crippen LogP) is 4.84. The standard InChI is InChI=1S/C25H18Br2FN3O7/c1-36-24(34)20-6-5-16(38-20)11-31-23(33)19(30-25(31)35)9-13-7-17(26)22(18(27)8-13)37-12-21(32)29-15-4-2-3-14(28)10-15/h2-10H,11-12H2,1H3,(H,29,32)(H,30,35)/b19-9-. The van der Waals surface area contributed by atoms with E-state index in [1.807, 2.05) is 0 Å². The summed E-state index contributed by atoms with van der Waals surface area (Å²) >= 11 is 6.76. The number of hydrogen-bond donors (Lipinski definition) is 2. The first kappa shape index (κ1) is 27.1. The molecule has 13 heteroatoms. The smallest absolute Gasteiger partial charge is 0.373 e. The summed E-state index contributed by atoms with van der Waals surface area (Å²) in [6.07, 6.45) is 1.47. The van der Waals surface area contributed by atoms with Crippen LogP contribution in [0.5, 0.6) is 5.75 Å². The van der Waals surface area contributed by atoms with Crippen molar-refractivity contribution in [3.05, 3.63) is 86.1 Å². The number of benzene rings is 2. The molecule has 1 saturated heterocycles. The highest BCUT2D eigenvalue weighted by Crippen LogP contribution is 2.35. The lowest BCUT2D eigenvalue weighted by Crippen LogP contribution is -2.30. The van der Waals surface area contributed by atoms with Gasteiger partial charge in [0.2, 0.25) is 5.76 Å². The van der Waals surface area contributed by atoms with E-state index in [-0.39, 0.29) is 30.4 Å². The highest BCUT2D eigenvalue weighted by Gasteiger charge is 2.34. The normalized spacial score (nSPS) is 14.0. The van der Waals surface area contributed by atoms with E-state index in [0.29, 0.717) is 25.9 Å². The van der Waals surface area contributed by atoms with E-state index in [0.717, 1.165) is 4.90 Å². The molecule has 0 bridgehead atoms. The van der Waals surface area contributed by atoms with Crippen molar-refractivity contribution in [2.24, 2.45) is 0 Å². The van der Waals surface area contributed by atoms with E-state index in [1.54, 1.807) is 18.2 Å². The Hall–Kier alpha value is -3.97. The van der Waals surface area contributed by atoms with Gasteiger partial charge in [0.1, 0.15) is 23.0 Å². The van der Waals surface area contributed by atoms with Crippen molar-refractivity contribution in [3.8, 4) is 5.75 Å². The number of hydrogen-bond acceptors (Lipinski definition) is 7. The zero-order valence-corrected chi connectivity index (χ0v) is 22.7. The quantitative estimate of drug-likeness (QED) is 0.203. The number of imide groups is 1. The molecule has 2 N–H and O–H groups in total. The summed E-state index contributed by atoms with van der Waals surface area (Å²) in [5, 5.41) is 5.04. The average molecular weight is 651 g/mol. The van der Waals surface area contributed by atoms with Crippen LogP contribution in [0.3, 0.4) is 0 Å². The van der Waals surface area contributed by atoms with Gasteiger partial charge in [-0.2, -0.15) is 0 Å². The lowest BCUT2D eigenvalue weighted by atomic mass is 10.2. The lowest BCUT2D eigenvalue weighted by Gasteiger charge is -2.12. The zero-order chi connectivity index (χ0) is 27.4. The Morgan fingerprint density at radius 2 is 1.87 bits per heavy atom. The Morgan fingerprint density at radius 3 is 2.55 bits per heavy atom. The van der Waals surface area contributed by atoms with Crippen LogP contribution in [0.1, 0.15) is 21.9 Å². The van der Waals surface area contributed by atoms with Crippen molar-refractivity contribution in [3.63, 3.8) is 0 Å². The van der Waals surface area contributed by atoms with Gasteiger partial charge in [0.25, 0.3) is 11.8 Å². The summed E-state index contributed by atoms with van der Waals surface area (Å²) in [5.74, 6) is -1.73. The third-order valence-electron chi connectivity index (χ3n) is 5.11. The van der Waals surface area contributed by atoms with Gasteiger partial charge < -0.3 is 24.5 Å². The van der Waals surface area contributed by atoms with Crippen LogP contribution in [0.4, 0.5) is 14.9 Å². The van der Waals surface area contributed by atoms with E-state index >= 15 is 0 Å². The highest BCUT2D eigenvalue weighted by atomic mass is 79.9. The SMILES string of the molecule is COC(=O)c1ccc(CN2C(=O)N/C(=C\c3cc(Br)c(OCC(=O)Nc4cccc(F)c4)c(Br)c3)C2=O)o1. The number of ether oxygens (including phenoxy) is 2. The van der Waals surface area contributed by atoms with Crippen LogP contribution < -0.4 is 15.4 Å². The van der Waals surface area contributed by atoms with Crippen LogP contribution in [0.25, 0.3) is 6.08 Å². The zero-order valence-electron chi connectivity index (χ0n) is 19.5. The van der Waals surface area contributed by atoms with E-state index in [1.165, 1.54) is 43.5 Å². The first-order valence-electron chi connectivity index (χ1n) is 10.8. The predicted molar refractivity (Wildman–Crippen MR) is 139 cm³/mol. The van der Waals surface area contributed by atoms with Crippen LogP contribution in [-0.4, -0.2) is 42.4 Å². The maximum Gasteiger partial charge on any atom is 0.373 e. The lowest BCUT2D eigenvalue weighted by molar-refractivity contribution is -0.123. The number of esters is 1. The number of nitrogens with zero attached hydrogens (tertiary/aromatic N) is 1. The monoisotopic (exact) mass is 649 g/mol. The van der Waals surface area contributed by atoms with Gasteiger partial charge in [-0.25, -0.2) is 14.0 Å². The summed E-state index contributed by atoms with van der Waals surface area (Å²) in [6.45, 7) is -0.529. The molecule has 0 spiro atoms. The largest absolute Gasteiger partial charge is 0.481 e. The minimum absolute atomic E-state index is 0.0247. The molecule has 0 aliphatic carbocycles. The van der Waals surface area contributed by atoms with E-state index in [9.17, 15) is 23.6 Å². The molecule has 3 aromatic rings. The molecule has 196 valence electrons. The van der Waals surface area contributed by atoms with Gasteiger partial charge in [-0.1, -0.05) is 6.07 Å². The van der Waals surface area contributed by atoms with Crippen LogP contribution in [0, 0.1) is 5.82 Å². The van der Waals surface area contributed by atoms with E-state index in [4.69, 9.17) is 9.15 Å². The number of rotatable bonds is 8. The van der Waals surface area contributed by atoms with Crippen molar-refractivity contribution in [1.82, 2.24) is 10.2 Å². The number of urea groups is 1. The van der Waals surface area contributed by atoms with Gasteiger partial charge in [0.05, 0.1) is 22.6 Å². The molecule has 0 saturated carbocycles. The molecule has 0 radical (unpaired) electrons. The molecule has 1 fully saturated rings. The fourth-order valence-electron chi connectivity index (χ4n) is 3.41. The van der Waals surface area contributed by atoms with Gasteiger partial charge in [-0.15, -0.1) is 0 Å². The number of halogens is 3. The van der Waals surface area contributed by atoms with Crippen LogP contribution >= 0.6 is 31.9 Å². The number of carbonyl (C=O) groups is 4. The molecular formula is C25H18Br2FN3O7. The first-order valence-corrected chi connectivity index (χ1v) is 12.4. The molecule has 1 aliphatic rings. The highest BCUT2D eigenvalue weighted by molar-refractivity contribution is 9.11. The molecule has 4 amide bonds. The van der Waals surface area contributed by atoms with Crippen molar-refractivity contribution in [2.75, 3.05) is 19.0 Å². The maximum absolute atomic E-state index is 13.3. The molecule has 0 atom stereocenters. The Kier molecular flexibility index (Phi) is 8.27. The van der Waals surface area contributed by atoms with Crippen molar-refractivity contribution < 1.29 is 37.5 Å². The first-order chi connectivity index (χ1) is 18.1. The second-order valence-corrected chi connectivity index (χ2v) is 9.51. The summed E-state index contributed by atoms with van der Waals surface area (Å²) in [5.41, 5.74) is 0.862. The average Bonchev–Trinajstić information content (AvgIpc) is 3.43.